The maximum atomic E-state index is 12.6. The molecule has 1 atom stereocenters. The van der Waals surface area contributed by atoms with E-state index in [0.717, 1.165) is 10.5 Å². The van der Waals surface area contributed by atoms with Crippen molar-refractivity contribution in [2.45, 2.75) is 26.4 Å². The van der Waals surface area contributed by atoms with Crippen molar-refractivity contribution in [3.8, 4) is 5.75 Å². The Kier molecular flexibility index (Phi) is 7.44. The first kappa shape index (κ1) is 23.9. The Labute approximate surface area is 191 Å². The Hall–Kier alpha value is -3.72. The Morgan fingerprint density at radius 2 is 1.76 bits per heavy atom. The number of nitrogens with one attached hydrogen (secondary N) is 1. The summed E-state index contributed by atoms with van der Waals surface area (Å²) in [5, 5.41) is 2.69. The number of hydrogen-bond donors (Lipinski definition) is 1. The second-order valence-corrected chi connectivity index (χ2v) is 7.61. The summed E-state index contributed by atoms with van der Waals surface area (Å²) in [5.74, 6) is -1.73. The van der Waals surface area contributed by atoms with E-state index in [0.29, 0.717) is 24.5 Å². The maximum Gasteiger partial charge on any atom is 0.338 e. The molecule has 174 valence electrons. The highest BCUT2D eigenvalue weighted by Crippen LogP contribution is 2.26. The average Bonchev–Trinajstić information content (AvgIpc) is 3.03. The largest absolute Gasteiger partial charge is 0.495 e. The summed E-state index contributed by atoms with van der Waals surface area (Å²) in [6.45, 7) is 3.95. The molecule has 2 aromatic rings. The van der Waals surface area contributed by atoms with E-state index in [-0.39, 0.29) is 23.2 Å². The molecule has 0 aliphatic carbocycles. The van der Waals surface area contributed by atoms with Crippen LogP contribution in [-0.2, 0) is 14.3 Å². The Morgan fingerprint density at radius 3 is 2.45 bits per heavy atom. The van der Waals surface area contributed by atoms with Crippen LogP contribution in [0.1, 0.15) is 50.0 Å². The van der Waals surface area contributed by atoms with Crippen molar-refractivity contribution < 1.29 is 33.4 Å². The van der Waals surface area contributed by atoms with Gasteiger partial charge in [-0.05, 0) is 56.2 Å². The highest BCUT2D eigenvalue weighted by Gasteiger charge is 2.36. The number of carbonyl (C=O) groups excluding carboxylic acids is 4. The molecule has 1 aliphatic rings. The zero-order valence-corrected chi connectivity index (χ0v) is 19.0. The van der Waals surface area contributed by atoms with Gasteiger partial charge in [0.25, 0.3) is 17.7 Å². The Morgan fingerprint density at radius 1 is 1.03 bits per heavy atom. The van der Waals surface area contributed by atoms with Crippen LogP contribution in [-0.4, -0.2) is 62.1 Å². The number of rotatable bonds is 9. The molecule has 33 heavy (non-hydrogen) atoms. The van der Waals surface area contributed by atoms with Crippen LogP contribution in [0.2, 0.25) is 0 Å². The normalized spacial score (nSPS) is 13.5. The lowest BCUT2D eigenvalue weighted by atomic mass is 10.1. The Balaban J connectivity index is 1.68. The van der Waals surface area contributed by atoms with Crippen molar-refractivity contribution in [2.24, 2.45) is 0 Å². The quantitative estimate of drug-likeness (QED) is 0.352. The number of imide groups is 1. The lowest BCUT2D eigenvalue weighted by Gasteiger charge is -2.16. The fourth-order valence-corrected chi connectivity index (χ4v) is 3.42. The van der Waals surface area contributed by atoms with Crippen molar-refractivity contribution in [1.82, 2.24) is 4.90 Å². The highest BCUT2D eigenvalue weighted by molar-refractivity contribution is 6.22. The number of amides is 3. The smallest absolute Gasteiger partial charge is 0.338 e. The number of methoxy groups -OCH3 is 2. The summed E-state index contributed by atoms with van der Waals surface area (Å²) in [6.07, 6.45) is -0.603. The van der Waals surface area contributed by atoms with Gasteiger partial charge in [-0.25, -0.2) is 4.79 Å². The molecule has 9 nitrogen and oxygen atoms in total. The van der Waals surface area contributed by atoms with Crippen LogP contribution < -0.4 is 10.1 Å². The Bertz CT molecular complexity index is 1100. The molecular weight excluding hydrogens is 428 g/mol. The van der Waals surface area contributed by atoms with Crippen LogP contribution in [0.25, 0.3) is 0 Å². The number of benzene rings is 2. The van der Waals surface area contributed by atoms with Crippen molar-refractivity contribution in [1.29, 1.82) is 0 Å². The maximum absolute atomic E-state index is 12.6. The molecule has 0 aromatic heterocycles. The minimum absolute atomic E-state index is 0.0708. The zero-order valence-electron chi connectivity index (χ0n) is 19.0. The average molecular weight is 454 g/mol. The van der Waals surface area contributed by atoms with Gasteiger partial charge in [-0.3, -0.25) is 19.3 Å². The summed E-state index contributed by atoms with van der Waals surface area (Å²) < 4.78 is 15.5. The third kappa shape index (κ3) is 5.20. The SMILES string of the molecule is COCCCN1C(=O)c2ccc(C(=O)OC(C)C(=O)Nc3cc(C)ccc3OC)cc2C1=O. The molecule has 0 bridgehead atoms. The van der Waals surface area contributed by atoms with Crippen LogP contribution in [0, 0.1) is 6.92 Å². The molecule has 0 saturated carbocycles. The predicted molar refractivity (Wildman–Crippen MR) is 120 cm³/mol. The number of fused-ring (bicyclic) bond motifs is 1. The number of hydrogen-bond acceptors (Lipinski definition) is 7. The lowest BCUT2D eigenvalue weighted by molar-refractivity contribution is -0.123. The van der Waals surface area contributed by atoms with Gasteiger partial charge in [-0.1, -0.05) is 6.07 Å². The molecule has 3 rings (SSSR count). The second kappa shape index (κ2) is 10.3. The number of anilines is 1. The number of aryl methyl sites for hydroxylation is 1. The van der Waals surface area contributed by atoms with Gasteiger partial charge in [0.15, 0.2) is 6.10 Å². The van der Waals surface area contributed by atoms with Crippen molar-refractivity contribution >= 4 is 29.4 Å². The fraction of sp³-hybridized carbons (Fsp3) is 0.333. The molecule has 3 amide bonds. The van der Waals surface area contributed by atoms with E-state index in [1.165, 1.54) is 32.2 Å². The van der Waals surface area contributed by atoms with Gasteiger partial charge in [0, 0.05) is 20.3 Å². The molecule has 1 heterocycles. The molecule has 0 fully saturated rings. The third-order valence-electron chi connectivity index (χ3n) is 5.20. The van der Waals surface area contributed by atoms with Crippen LogP contribution in [0.5, 0.6) is 5.75 Å². The van der Waals surface area contributed by atoms with Crippen molar-refractivity contribution in [3.63, 3.8) is 0 Å². The summed E-state index contributed by atoms with van der Waals surface area (Å²) in [4.78, 5) is 51.4. The van der Waals surface area contributed by atoms with E-state index >= 15 is 0 Å². The minimum Gasteiger partial charge on any atom is -0.495 e. The standard InChI is InChI=1S/C24H26N2O7/c1-14-6-9-20(32-4)19(12-14)25-21(27)15(2)33-24(30)16-7-8-17-18(13-16)23(29)26(22(17)28)10-5-11-31-3/h6-9,12-13,15H,5,10-11H2,1-4H3,(H,25,27). The molecular formula is C24H26N2O7. The summed E-state index contributed by atoms with van der Waals surface area (Å²) in [5.41, 5.74) is 1.81. The molecule has 1 unspecified atom stereocenters. The van der Waals surface area contributed by atoms with Crippen molar-refractivity contribution in [3.05, 3.63) is 58.7 Å². The number of nitrogens with zero attached hydrogens (tertiary/aromatic N) is 1. The predicted octanol–water partition coefficient (Wildman–Crippen LogP) is 2.82. The van der Waals surface area contributed by atoms with Gasteiger partial charge in [0.2, 0.25) is 0 Å². The number of esters is 1. The third-order valence-corrected chi connectivity index (χ3v) is 5.20. The van der Waals surface area contributed by atoms with Gasteiger partial charge >= 0.3 is 5.97 Å². The van der Waals surface area contributed by atoms with E-state index in [1.807, 2.05) is 13.0 Å². The van der Waals surface area contributed by atoms with E-state index in [2.05, 4.69) is 5.32 Å². The van der Waals surface area contributed by atoms with Crippen LogP contribution in [0.3, 0.4) is 0 Å². The second-order valence-electron chi connectivity index (χ2n) is 7.61. The van der Waals surface area contributed by atoms with Gasteiger partial charge < -0.3 is 19.5 Å². The summed E-state index contributed by atoms with van der Waals surface area (Å²) >= 11 is 0. The van der Waals surface area contributed by atoms with E-state index < -0.39 is 29.8 Å². The van der Waals surface area contributed by atoms with Crippen LogP contribution >= 0.6 is 0 Å². The molecule has 1 N–H and O–H groups in total. The van der Waals surface area contributed by atoms with E-state index in [1.54, 1.807) is 19.2 Å². The van der Waals surface area contributed by atoms with Gasteiger partial charge in [0.1, 0.15) is 5.75 Å². The lowest BCUT2D eigenvalue weighted by Crippen LogP contribution is -2.31. The molecule has 2 aromatic carbocycles. The summed E-state index contributed by atoms with van der Waals surface area (Å²) in [6, 6.07) is 9.46. The zero-order chi connectivity index (χ0) is 24.1. The van der Waals surface area contributed by atoms with Gasteiger partial charge in [-0.15, -0.1) is 0 Å². The topological polar surface area (TPSA) is 111 Å². The first-order valence-corrected chi connectivity index (χ1v) is 10.4. The first-order valence-electron chi connectivity index (χ1n) is 10.4. The van der Waals surface area contributed by atoms with E-state index in [4.69, 9.17) is 14.2 Å². The van der Waals surface area contributed by atoms with Crippen molar-refractivity contribution in [2.75, 3.05) is 32.7 Å². The molecule has 0 saturated heterocycles. The van der Waals surface area contributed by atoms with E-state index in [9.17, 15) is 19.2 Å². The van der Waals surface area contributed by atoms with Gasteiger partial charge in [0.05, 0.1) is 29.5 Å². The number of ether oxygens (including phenoxy) is 3. The van der Waals surface area contributed by atoms with Crippen LogP contribution in [0.15, 0.2) is 36.4 Å². The minimum atomic E-state index is -1.11. The monoisotopic (exact) mass is 454 g/mol. The fourth-order valence-electron chi connectivity index (χ4n) is 3.42. The molecule has 1 aliphatic heterocycles. The summed E-state index contributed by atoms with van der Waals surface area (Å²) in [7, 11) is 3.03. The molecule has 0 radical (unpaired) electrons. The van der Waals surface area contributed by atoms with Crippen LogP contribution in [0.4, 0.5) is 5.69 Å². The molecule has 0 spiro atoms. The van der Waals surface area contributed by atoms with Gasteiger partial charge in [-0.2, -0.15) is 0 Å². The molecule has 9 heteroatoms. The first-order chi connectivity index (χ1) is 15.8. The number of carbonyl (C=O) groups is 4. The highest BCUT2D eigenvalue weighted by atomic mass is 16.5.